The van der Waals surface area contributed by atoms with Crippen LogP contribution in [0.4, 0.5) is 0 Å². The molecule has 2 rings (SSSR count). The topological polar surface area (TPSA) is 12.0 Å². The minimum Gasteiger partial charge on any atom is -0.310 e. The maximum absolute atomic E-state index is 3.99. The number of hydrogen-bond acceptors (Lipinski definition) is 3. The van der Waals surface area contributed by atoms with Crippen molar-refractivity contribution in [3.05, 3.63) is 34.5 Å². The molecule has 0 bridgehead atoms. The summed E-state index contributed by atoms with van der Waals surface area (Å²) in [6.45, 7) is 9.29. The van der Waals surface area contributed by atoms with Gasteiger partial charge in [0.15, 0.2) is 0 Å². The maximum Gasteiger partial charge on any atom is 0.0454 e. The molecule has 3 heteroatoms. The molecule has 92 valence electrons. The average Bonchev–Trinajstić information content (AvgIpc) is 2.83. The van der Waals surface area contributed by atoms with Gasteiger partial charge < -0.3 is 5.32 Å². The normalized spacial score (nSPS) is 13.1. The second kappa shape index (κ2) is 5.80. The molecule has 1 nitrogen and oxygen atoms in total. The zero-order chi connectivity index (χ0) is 12.3. The second-order valence-corrected chi connectivity index (χ2v) is 6.47. The van der Waals surface area contributed by atoms with Crippen LogP contribution in [0.5, 0.6) is 0 Å². The first-order valence-corrected chi connectivity index (χ1v) is 7.75. The second-order valence-electron chi connectivity index (χ2n) is 4.40. The summed E-state index contributed by atoms with van der Waals surface area (Å²) in [5.41, 5.74) is 1.27. The summed E-state index contributed by atoms with van der Waals surface area (Å²) in [7, 11) is 0. The van der Waals surface area contributed by atoms with Crippen molar-refractivity contribution >= 4 is 32.1 Å². The summed E-state index contributed by atoms with van der Waals surface area (Å²) < 4.78 is 2.84. The first kappa shape index (κ1) is 12.8. The molecule has 2 aromatic rings. The molecule has 0 saturated carbocycles. The van der Waals surface area contributed by atoms with Crippen molar-refractivity contribution in [2.45, 2.75) is 32.7 Å². The lowest BCUT2D eigenvalue weighted by Gasteiger charge is -2.16. The number of nitrogens with one attached hydrogen (secondary N) is 1. The largest absolute Gasteiger partial charge is 0.310 e. The fourth-order valence-electron chi connectivity index (χ4n) is 1.94. The van der Waals surface area contributed by atoms with E-state index in [1.165, 1.54) is 19.9 Å². The molecule has 0 aliphatic carbocycles. The Morgan fingerprint density at radius 2 is 2.29 bits per heavy atom. The van der Waals surface area contributed by atoms with Crippen LogP contribution in [-0.4, -0.2) is 6.54 Å². The van der Waals surface area contributed by atoms with Crippen LogP contribution in [0, 0.1) is 0 Å². The smallest absolute Gasteiger partial charge is 0.0454 e. The van der Waals surface area contributed by atoms with Crippen molar-refractivity contribution in [3.8, 4) is 0 Å². The van der Waals surface area contributed by atoms with Gasteiger partial charge in [-0.2, -0.15) is 0 Å². The third-order valence-corrected chi connectivity index (χ3v) is 5.02. The molecule has 2 aromatic heterocycles. The molecule has 17 heavy (non-hydrogen) atoms. The number of hydrogen-bond donors (Lipinski definition) is 1. The Morgan fingerprint density at radius 3 is 2.94 bits per heavy atom. The highest BCUT2D eigenvalue weighted by atomic mass is 32.1. The van der Waals surface area contributed by atoms with Crippen molar-refractivity contribution in [3.63, 3.8) is 0 Å². The molecule has 0 amide bonds. The van der Waals surface area contributed by atoms with Crippen LogP contribution in [0.15, 0.2) is 29.7 Å². The highest BCUT2D eigenvalue weighted by molar-refractivity contribution is 7.26. The van der Waals surface area contributed by atoms with Crippen LogP contribution < -0.4 is 5.32 Å². The van der Waals surface area contributed by atoms with Crippen LogP contribution in [0.1, 0.15) is 37.6 Å². The van der Waals surface area contributed by atoms with Crippen molar-refractivity contribution in [1.82, 2.24) is 5.32 Å². The number of fused-ring (bicyclic) bond motifs is 1. The van der Waals surface area contributed by atoms with E-state index in [9.17, 15) is 0 Å². The van der Waals surface area contributed by atoms with E-state index in [1.54, 1.807) is 0 Å². The molecule has 0 aliphatic heterocycles. The Bertz CT molecular complexity index is 467. The molecule has 1 atom stereocenters. The summed E-state index contributed by atoms with van der Waals surface area (Å²) in [6, 6.07) is 5.05. The molecule has 0 saturated heterocycles. The van der Waals surface area contributed by atoms with Gasteiger partial charge in [-0.3, -0.25) is 0 Å². The fourth-order valence-corrected chi connectivity index (χ4v) is 4.17. The van der Waals surface area contributed by atoms with E-state index >= 15 is 0 Å². The first-order valence-electron chi connectivity index (χ1n) is 6.05. The molecule has 0 radical (unpaired) electrons. The molecule has 1 N–H and O–H groups in total. The van der Waals surface area contributed by atoms with E-state index < -0.39 is 0 Å². The summed E-state index contributed by atoms with van der Waals surface area (Å²) in [5, 5.41) is 5.75. The van der Waals surface area contributed by atoms with Crippen LogP contribution >= 0.6 is 22.7 Å². The van der Waals surface area contributed by atoms with E-state index in [1.807, 2.05) is 22.7 Å². The van der Waals surface area contributed by atoms with Gasteiger partial charge >= 0.3 is 0 Å². The molecule has 1 unspecified atom stereocenters. The minimum atomic E-state index is 0.487. The van der Waals surface area contributed by atoms with E-state index in [0.29, 0.717) is 6.04 Å². The van der Waals surface area contributed by atoms with Crippen molar-refractivity contribution in [2.75, 3.05) is 6.54 Å². The van der Waals surface area contributed by atoms with Crippen molar-refractivity contribution < 1.29 is 0 Å². The molecule has 0 fully saturated rings. The Kier molecular flexibility index (Phi) is 4.37. The SMILES string of the molecule is C=C(C)CCC(NCC)c1cc2sccc2s1. The predicted molar refractivity (Wildman–Crippen MR) is 80.2 cm³/mol. The van der Waals surface area contributed by atoms with Gasteiger partial charge in [-0.25, -0.2) is 0 Å². The van der Waals surface area contributed by atoms with Gasteiger partial charge in [-0.15, -0.1) is 29.3 Å². The van der Waals surface area contributed by atoms with E-state index in [4.69, 9.17) is 0 Å². The van der Waals surface area contributed by atoms with E-state index in [2.05, 4.69) is 43.3 Å². The summed E-state index contributed by atoms with van der Waals surface area (Å²) in [4.78, 5) is 1.47. The van der Waals surface area contributed by atoms with Gasteiger partial charge in [-0.05, 0) is 43.8 Å². The Balaban J connectivity index is 2.14. The number of rotatable bonds is 6. The Hall–Kier alpha value is -0.640. The fraction of sp³-hybridized carbons (Fsp3) is 0.429. The van der Waals surface area contributed by atoms with E-state index in [0.717, 1.165) is 19.4 Å². The van der Waals surface area contributed by atoms with Gasteiger partial charge in [-0.1, -0.05) is 12.5 Å². The first-order chi connectivity index (χ1) is 8.20. The number of thiophene rings is 2. The molecule has 0 aromatic carbocycles. The number of allylic oxidation sites excluding steroid dienone is 1. The molecular formula is C14H19NS2. The summed E-state index contributed by atoms with van der Waals surface area (Å²) in [5.74, 6) is 0. The third-order valence-electron chi connectivity index (χ3n) is 2.81. The van der Waals surface area contributed by atoms with Gasteiger partial charge in [0.25, 0.3) is 0 Å². The van der Waals surface area contributed by atoms with Gasteiger partial charge in [0.05, 0.1) is 0 Å². The van der Waals surface area contributed by atoms with E-state index in [-0.39, 0.29) is 0 Å². The average molecular weight is 265 g/mol. The molecule has 0 spiro atoms. The monoisotopic (exact) mass is 265 g/mol. The zero-order valence-corrected chi connectivity index (χ0v) is 12.1. The highest BCUT2D eigenvalue weighted by Crippen LogP contribution is 2.35. The van der Waals surface area contributed by atoms with Crippen LogP contribution in [0.2, 0.25) is 0 Å². The highest BCUT2D eigenvalue weighted by Gasteiger charge is 2.13. The third kappa shape index (κ3) is 3.18. The van der Waals surface area contributed by atoms with Crippen LogP contribution in [-0.2, 0) is 0 Å². The molecular weight excluding hydrogens is 246 g/mol. The Labute approximate surface area is 111 Å². The minimum absolute atomic E-state index is 0.487. The zero-order valence-electron chi connectivity index (χ0n) is 10.5. The van der Waals surface area contributed by atoms with Gasteiger partial charge in [0, 0.05) is 20.3 Å². The van der Waals surface area contributed by atoms with Crippen LogP contribution in [0.25, 0.3) is 9.40 Å². The quantitative estimate of drug-likeness (QED) is 0.727. The lowest BCUT2D eigenvalue weighted by atomic mass is 10.1. The lowest BCUT2D eigenvalue weighted by Crippen LogP contribution is -2.19. The maximum atomic E-state index is 3.99. The van der Waals surface area contributed by atoms with Crippen molar-refractivity contribution in [2.24, 2.45) is 0 Å². The molecule has 2 heterocycles. The van der Waals surface area contributed by atoms with Gasteiger partial charge in [0.2, 0.25) is 0 Å². The van der Waals surface area contributed by atoms with Crippen molar-refractivity contribution in [1.29, 1.82) is 0 Å². The summed E-state index contributed by atoms with van der Waals surface area (Å²) in [6.07, 6.45) is 2.25. The summed E-state index contributed by atoms with van der Waals surface area (Å²) >= 11 is 3.76. The van der Waals surface area contributed by atoms with Crippen LogP contribution in [0.3, 0.4) is 0 Å². The molecule has 0 aliphatic rings. The lowest BCUT2D eigenvalue weighted by molar-refractivity contribution is 0.522. The van der Waals surface area contributed by atoms with Gasteiger partial charge in [0.1, 0.15) is 0 Å². The standard InChI is InChI=1S/C14H19NS2/c1-4-15-11(6-5-10(2)3)13-9-14-12(17-13)7-8-16-14/h7-9,11,15H,2,4-6H2,1,3H3. The Morgan fingerprint density at radius 1 is 1.47 bits per heavy atom. The predicted octanol–water partition coefficient (Wildman–Crippen LogP) is 4.97.